The number of nitrogens with one attached hydrogen (secondary N) is 1. The van der Waals surface area contributed by atoms with E-state index in [4.69, 9.17) is 11.6 Å². The summed E-state index contributed by atoms with van der Waals surface area (Å²) < 4.78 is 1.72. The molecule has 1 N–H and O–H groups in total. The van der Waals surface area contributed by atoms with Crippen molar-refractivity contribution in [3.63, 3.8) is 0 Å². The summed E-state index contributed by atoms with van der Waals surface area (Å²) in [6.45, 7) is 0. The van der Waals surface area contributed by atoms with Crippen LogP contribution in [-0.2, 0) is 7.05 Å². The van der Waals surface area contributed by atoms with Crippen molar-refractivity contribution in [1.29, 1.82) is 0 Å². The van der Waals surface area contributed by atoms with E-state index in [0.29, 0.717) is 11.0 Å². The van der Waals surface area contributed by atoms with Gasteiger partial charge in [-0.25, -0.2) is 4.98 Å². The summed E-state index contributed by atoms with van der Waals surface area (Å²) in [7, 11) is 1.86. The molecule has 14 heavy (non-hydrogen) atoms. The molecule has 5 heteroatoms. The second-order valence-corrected chi connectivity index (χ2v) is 3.23. The predicted molar refractivity (Wildman–Crippen MR) is 55.7 cm³/mol. The number of anilines is 2. The second kappa shape index (κ2) is 3.67. The van der Waals surface area contributed by atoms with Gasteiger partial charge in [0.1, 0.15) is 11.0 Å². The van der Waals surface area contributed by atoms with E-state index in [1.807, 2.05) is 31.4 Å². The molecule has 0 atom stereocenters. The summed E-state index contributed by atoms with van der Waals surface area (Å²) in [5.74, 6) is 1.44. The molecule has 0 bridgehead atoms. The third kappa shape index (κ3) is 2.03. The molecule has 4 nitrogen and oxygen atoms in total. The van der Waals surface area contributed by atoms with Gasteiger partial charge in [-0.3, -0.25) is 4.68 Å². The van der Waals surface area contributed by atoms with Gasteiger partial charge in [-0.15, -0.1) is 0 Å². The van der Waals surface area contributed by atoms with Crippen molar-refractivity contribution in [2.24, 2.45) is 7.05 Å². The first-order valence-corrected chi connectivity index (χ1v) is 4.51. The molecule has 0 aliphatic rings. The molecule has 0 amide bonds. The van der Waals surface area contributed by atoms with Gasteiger partial charge < -0.3 is 5.32 Å². The molecule has 2 rings (SSSR count). The minimum Gasteiger partial charge on any atom is -0.323 e. The van der Waals surface area contributed by atoms with Crippen molar-refractivity contribution < 1.29 is 0 Å². The van der Waals surface area contributed by atoms with Crippen LogP contribution in [0.3, 0.4) is 0 Å². The highest BCUT2D eigenvalue weighted by atomic mass is 35.5. The van der Waals surface area contributed by atoms with Gasteiger partial charge in [-0.05, 0) is 12.1 Å². The van der Waals surface area contributed by atoms with E-state index < -0.39 is 0 Å². The molecule has 0 aliphatic heterocycles. The number of aryl methyl sites for hydroxylation is 1. The number of aromatic nitrogens is 3. The fraction of sp³-hybridized carbons (Fsp3) is 0.111. The van der Waals surface area contributed by atoms with Crippen molar-refractivity contribution in [3.05, 3.63) is 35.6 Å². The van der Waals surface area contributed by atoms with Gasteiger partial charge in [0, 0.05) is 19.3 Å². The fourth-order valence-corrected chi connectivity index (χ4v) is 1.25. The first-order valence-electron chi connectivity index (χ1n) is 4.13. The van der Waals surface area contributed by atoms with E-state index >= 15 is 0 Å². The van der Waals surface area contributed by atoms with Gasteiger partial charge in [-0.1, -0.05) is 17.7 Å². The van der Waals surface area contributed by atoms with Crippen molar-refractivity contribution in [1.82, 2.24) is 14.8 Å². The molecule has 2 aromatic rings. The Kier molecular flexibility index (Phi) is 2.37. The van der Waals surface area contributed by atoms with Crippen LogP contribution in [0.15, 0.2) is 30.5 Å². The lowest BCUT2D eigenvalue weighted by Crippen LogP contribution is -1.95. The van der Waals surface area contributed by atoms with E-state index in [9.17, 15) is 0 Å². The lowest BCUT2D eigenvalue weighted by molar-refractivity contribution is 0.771. The summed E-state index contributed by atoms with van der Waals surface area (Å²) >= 11 is 5.74. The fourth-order valence-electron chi connectivity index (χ4n) is 1.09. The quantitative estimate of drug-likeness (QED) is 0.770. The van der Waals surface area contributed by atoms with Crippen LogP contribution in [0.1, 0.15) is 0 Å². The largest absolute Gasteiger partial charge is 0.323 e. The molecule has 0 unspecified atom stereocenters. The molecular weight excluding hydrogens is 200 g/mol. The normalized spacial score (nSPS) is 10.1. The maximum Gasteiger partial charge on any atom is 0.153 e. The minimum atomic E-state index is 0.464. The zero-order chi connectivity index (χ0) is 9.97. The van der Waals surface area contributed by atoms with Crippen LogP contribution >= 0.6 is 11.6 Å². The zero-order valence-corrected chi connectivity index (χ0v) is 8.36. The smallest absolute Gasteiger partial charge is 0.153 e. The number of hydrogen-bond acceptors (Lipinski definition) is 3. The lowest BCUT2D eigenvalue weighted by Gasteiger charge is -2.00. The predicted octanol–water partition coefficient (Wildman–Crippen LogP) is 2.21. The SMILES string of the molecule is Cn1ccc(Nc2cccc(Cl)n2)n1. The van der Waals surface area contributed by atoms with Gasteiger partial charge >= 0.3 is 0 Å². The van der Waals surface area contributed by atoms with Gasteiger partial charge in [0.05, 0.1) is 0 Å². The highest BCUT2D eigenvalue weighted by Gasteiger charge is 1.98. The van der Waals surface area contributed by atoms with Gasteiger partial charge in [0.2, 0.25) is 0 Å². The van der Waals surface area contributed by atoms with Crippen LogP contribution in [0, 0.1) is 0 Å². The van der Waals surface area contributed by atoms with Crippen molar-refractivity contribution >= 4 is 23.2 Å². The van der Waals surface area contributed by atoms with Crippen LogP contribution < -0.4 is 5.32 Å². The Morgan fingerprint density at radius 2 is 2.14 bits per heavy atom. The molecule has 2 heterocycles. The maximum absolute atomic E-state index is 5.74. The van der Waals surface area contributed by atoms with Crippen molar-refractivity contribution in [3.8, 4) is 0 Å². The third-order valence-corrected chi connectivity index (χ3v) is 1.90. The summed E-state index contributed by atoms with van der Waals surface area (Å²) in [5.41, 5.74) is 0. The van der Waals surface area contributed by atoms with Crippen molar-refractivity contribution in [2.75, 3.05) is 5.32 Å². The number of halogens is 1. The van der Waals surface area contributed by atoms with E-state index in [-0.39, 0.29) is 0 Å². The topological polar surface area (TPSA) is 42.7 Å². The molecule has 0 radical (unpaired) electrons. The van der Waals surface area contributed by atoms with E-state index in [0.717, 1.165) is 5.82 Å². The molecule has 0 aliphatic carbocycles. The summed E-state index contributed by atoms with van der Waals surface area (Å²) in [5, 5.41) is 7.66. The highest BCUT2D eigenvalue weighted by molar-refractivity contribution is 6.29. The summed E-state index contributed by atoms with van der Waals surface area (Å²) in [6.07, 6.45) is 1.85. The number of rotatable bonds is 2. The Morgan fingerprint density at radius 1 is 1.29 bits per heavy atom. The highest BCUT2D eigenvalue weighted by Crippen LogP contribution is 2.13. The molecule has 0 fully saturated rings. The minimum absolute atomic E-state index is 0.464. The number of nitrogens with zero attached hydrogens (tertiary/aromatic N) is 3. The van der Waals surface area contributed by atoms with E-state index in [1.54, 1.807) is 10.7 Å². The van der Waals surface area contributed by atoms with Crippen LogP contribution in [0.25, 0.3) is 0 Å². The standard InChI is InChI=1S/C9H9ClN4/c1-14-6-5-9(13-14)12-8-4-2-3-7(10)11-8/h2-6H,1H3,(H,11,12,13). The molecule has 0 spiro atoms. The Morgan fingerprint density at radius 3 is 2.79 bits per heavy atom. The van der Waals surface area contributed by atoms with Gasteiger partial charge in [-0.2, -0.15) is 5.10 Å². The molecule has 2 aromatic heterocycles. The molecule has 0 saturated carbocycles. The second-order valence-electron chi connectivity index (χ2n) is 2.85. The average Bonchev–Trinajstić information content (AvgIpc) is 2.51. The summed E-state index contributed by atoms with van der Waals surface area (Å²) in [4.78, 5) is 4.08. The Hall–Kier alpha value is -1.55. The van der Waals surface area contributed by atoms with Crippen LogP contribution in [0.5, 0.6) is 0 Å². The lowest BCUT2D eigenvalue weighted by atomic mass is 10.4. The average molecular weight is 209 g/mol. The van der Waals surface area contributed by atoms with Gasteiger partial charge in [0.25, 0.3) is 0 Å². The number of hydrogen-bond donors (Lipinski definition) is 1. The van der Waals surface area contributed by atoms with Crippen LogP contribution in [0.4, 0.5) is 11.6 Å². The van der Waals surface area contributed by atoms with E-state index in [2.05, 4.69) is 15.4 Å². The van der Waals surface area contributed by atoms with Crippen LogP contribution in [-0.4, -0.2) is 14.8 Å². The van der Waals surface area contributed by atoms with Crippen molar-refractivity contribution in [2.45, 2.75) is 0 Å². The first-order chi connectivity index (χ1) is 6.74. The molecule has 0 aromatic carbocycles. The van der Waals surface area contributed by atoms with E-state index in [1.165, 1.54) is 0 Å². The maximum atomic E-state index is 5.74. The Bertz CT molecular complexity index is 438. The molecule has 0 saturated heterocycles. The number of pyridine rings is 1. The third-order valence-electron chi connectivity index (χ3n) is 1.68. The van der Waals surface area contributed by atoms with Gasteiger partial charge in [0.15, 0.2) is 5.82 Å². The summed E-state index contributed by atoms with van der Waals surface area (Å²) in [6, 6.07) is 7.26. The Balaban J connectivity index is 2.18. The Labute approximate surface area is 86.5 Å². The monoisotopic (exact) mass is 208 g/mol. The van der Waals surface area contributed by atoms with Crippen LogP contribution in [0.2, 0.25) is 5.15 Å². The molecular formula is C9H9ClN4. The molecule has 72 valence electrons. The first kappa shape index (κ1) is 9.02. The zero-order valence-electron chi connectivity index (χ0n) is 7.61.